The van der Waals surface area contributed by atoms with E-state index in [2.05, 4.69) is 15.5 Å². The van der Waals surface area contributed by atoms with Gasteiger partial charge >= 0.3 is 0 Å². The number of benzene rings is 1. The van der Waals surface area contributed by atoms with Gasteiger partial charge in [0.25, 0.3) is 5.22 Å². The highest BCUT2D eigenvalue weighted by atomic mass is 32.2. The molecular formula is C13H16N4O3S. The topological polar surface area (TPSA) is 103 Å². The third kappa shape index (κ3) is 4.47. The molecule has 0 atom stereocenters. The van der Waals surface area contributed by atoms with Gasteiger partial charge in [-0.3, -0.25) is 4.79 Å². The average molecular weight is 308 g/mol. The molecule has 2 rings (SSSR count). The number of hydrogen-bond donors (Lipinski definition) is 2. The van der Waals surface area contributed by atoms with E-state index in [4.69, 9.17) is 14.9 Å². The van der Waals surface area contributed by atoms with Crippen LogP contribution >= 0.6 is 11.8 Å². The third-order valence-electron chi connectivity index (χ3n) is 2.56. The first-order valence-electron chi connectivity index (χ1n) is 6.31. The Hall–Kier alpha value is -2.06. The fourth-order valence-electron chi connectivity index (χ4n) is 1.57. The van der Waals surface area contributed by atoms with E-state index in [-0.39, 0.29) is 12.5 Å². The van der Waals surface area contributed by atoms with Gasteiger partial charge in [0.05, 0.1) is 19.3 Å². The number of ether oxygens (including phenoxy) is 1. The number of anilines is 1. The van der Waals surface area contributed by atoms with Crippen molar-refractivity contribution in [2.24, 2.45) is 5.73 Å². The van der Waals surface area contributed by atoms with E-state index in [0.29, 0.717) is 34.7 Å². The molecular weight excluding hydrogens is 292 g/mol. The molecule has 0 saturated heterocycles. The van der Waals surface area contributed by atoms with Gasteiger partial charge < -0.3 is 20.2 Å². The minimum absolute atomic E-state index is 0.106. The summed E-state index contributed by atoms with van der Waals surface area (Å²) in [4.78, 5) is 11.9. The summed E-state index contributed by atoms with van der Waals surface area (Å²) < 4.78 is 10.4. The highest BCUT2D eigenvalue weighted by Gasteiger charge is 2.09. The number of hydrogen-bond acceptors (Lipinski definition) is 7. The van der Waals surface area contributed by atoms with E-state index < -0.39 is 0 Å². The zero-order valence-electron chi connectivity index (χ0n) is 11.5. The van der Waals surface area contributed by atoms with Crippen LogP contribution in [0.5, 0.6) is 5.75 Å². The Morgan fingerprint density at radius 1 is 1.43 bits per heavy atom. The van der Waals surface area contributed by atoms with Gasteiger partial charge in [-0.1, -0.05) is 23.9 Å². The summed E-state index contributed by atoms with van der Waals surface area (Å²) in [6, 6.07) is 7.25. The van der Waals surface area contributed by atoms with E-state index in [1.54, 1.807) is 19.2 Å². The van der Waals surface area contributed by atoms with Gasteiger partial charge in [-0.25, -0.2) is 0 Å². The highest BCUT2D eigenvalue weighted by Crippen LogP contribution is 2.23. The Morgan fingerprint density at radius 3 is 2.95 bits per heavy atom. The van der Waals surface area contributed by atoms with Crippen molar-refractivity contribution in [3.8, 4) is 5.75 Å². The van der Waals surface area contributed by atoms with Crippen LogP contribution < -0.4 is 15.8 Å². The first-order valence-corrected chi connectivity index (χ1v) is 7.29. The zero-order valence-corrected chi connectivity index (χ0v) is 12.4. The van der Waals surface area contributed by atoms with E-state index in [1.165, 1.54) is 11.8 Å². The third-order valence-corrected chi connectivity index (χ3v) is 3.38. The lowest BCUT2D eigenvalue weighted by Crippen LogP contribution is -2.12. The molecule has 0 unspecified atom stereocenters. The molecule has 0 spiro atoms. The maximum Gasteiger partial charge on any atom is 0.276 e. The smallest absolute Gasteiger partial charge is 0.276 e. The van der Waals surface area contributed by atoms with Gasteiger partial charge in [-0.2, -0.15) is 0 Å². The molecule has 0 fully saturated rings. The van der Waals surface area contributed by atoms with E-state index in [9.17, 15) is 4.79 Å². The van der Waals surface area contributed by atoms with Crippen LogP contribution in [0.1, 0.15) is 12.3 Å². The SMILES string of the molecule is COc1ccccc1NC(=O)CCSc1nnc(CN)o1. The molecule has 0 aliphatic carbocycles. The summed E-state index contributed by atoms with van der Waals surface area (Å²) in [6.45, 7) is 0.210. The molecule has 8 heteroatoms. The number of nitrogens with one attached hydrogen (secondary N) is 1. The summed E-state index contributed by atoms with van der Waals surface area (Å²) in [7, 11) is 1.56. The van der Waals surface area contributed by atoms with E-state index >= 15 is 0 Å². The van der Waals surface area contributed by atoms with Gasteiger partial charge in [-0.15, -0.1) is 10.2 Å². The summed E-state index contributed by atoms with van der Waals surface area (Å²) >= 11 is 1.32. The summed E-state index contributed by atoms with van der Waals surface area (Å²) in [5.41, 5.74) is 6.02. The standard InChI is InChI=1S/C13H16N4O3S/c1-19-10-5-3-2-4-9(10)15-11(18)6-7-21-13-17-16-12(8-14)20-13/h2-5H,6-8,14H2,1H3,(H,15,18). The van der Waals surface area contributed by atoms with Crippen LogP contribution in [0.2, 0.25) is 0 Å². The maximum atomic E-state index is 11.9. The normalized spacial score (nSPS) is 10.4. The maximum absolute atomic E-state index is 11.9. The second kappa shape index (κ2) is 7.65. The minimum atomic E-state index is -0.106. The van der Waals surface area contributed by atoms with Crippen LogP contribution in [0, 0.1) is 0 Å². The fourth-order valence-corrected chi connectivity index (χ4v) is 2.29. The predicted molar refractivity (Wildman–Crippen MR) is 79.2 cm³/mol. The molecule has 0 saturated carbocycles. The Labute approximate surface area is 126 Å². The van der Waals surface area contributed by atoms with Crippen LogP contribution in [-0.2, 0) is 11.3 Å². The largest absolute Gasteiger partial charge is 0.495 e. The molecule has 112 valence electrons. The highest BCUT2D eigenvalue weighted by molar-refractivity contribution is 7.99. The van der Waals surface area contributed by atoms with E-state index in [1.807, 2.05) is 12.1 Å². The Kier molecular flexibility index (Phi) is 5.59. The van der Waals surface area contributed by atoms with Crippen molar-refractivity contribution < 1.29 is 13.9 Å². The van der Waals surface area contributed by atoms with Crippen LogP contribution in [0.4, 0.5) is 5.69 Å². The van der Waals surface area contributed by atoms with Crippen molar-refractivity contribution in [3.05, 3.63) is 30.2 Å². The van der Waals surface area contributed by atoms with Gasteiger partial charge in [0.15, 0.2) is 0 Å². The molecule has 7 nitrogen and oxygen atoms in total. The molecule has 0 aliphatic rings. The minimum Gasteiger partial charge on any atom is -0.495 e. The number of carbonyl (C=O) groups is 1. The molecule has 0 radical (unpaired) electrons. The van der Waals surface area contributed by atoms with Gasteiger partial charge in [-0.05, 0) is 12.1 Å². The van der Waals surface area contributed by atoms with Gasteiger partial charge in [0.1, 0.15) is 5.75 Å². The number of thioether (sulfide) groups is 1. The predicted octanol–water partition coefficient (Wildman–Crippen LogP) is 1.66. The second-order valence-corrected chi connectivity index (χ2v) is 5.06. The van der Waals surface area contributed by atoms with Crippen molar-refractivity contribution in [3.63, 3.8) is 0 Å². The number of carbonyl (C=O) groups excluding carboxylic acids is 1. The van der Waals surface area contributed by atoms with Crippen LogP contribution in [0.15, 0.2) is 33.9 Å². The lowest BCUT2D eigenvalue weighted by molar-refractivity contribution is -0.115. The van der Waals surface area contributed by atoms with Gasteiger partial charge in [0.2, 0.25) is 11.8 Å². The van der Waals surface area contributed by atoms with Crippen LogP contribution in [-0.4, -0.2) is 29.0 Å². The molecule has 1 amide bonds. The summed E-state index contributed by atoms with van der Waals surface area (Å²) in [5, 5.41) is 10.8. The molecule has 0 aliphatic heterocycles. The molecule has 2 aromatic rings. The number of amides is 1. The Balaban J connectivity index is 1.79. The molecule has 21 heavy (non-hydrogen) atoms. The number of aromatic nitrogens is 2. The number of nitrogens with two attached hydrogens (primary N) is 1. The summed E-state index contributed by atoms with van der Waals surface area (Å²) in [5.74, 6) is 1.44. The molecule has 1 heterocycles. The lowest BCUT2D eigenvalue weighted by atomic mass is 10.3. The molecule has 1 aromatic carbocycles. The zero-order chi connectivity index (χ0) is 15.1. The lowest BCUT2D eigenvalue weighted by Gasteiger charge is -2.09. The molecule has 1 aromatic heterocycles. The van der Waals surface area contributed by atoms with Crippen LogP contribution in [0.3, 0.4) is 0 Å². The molecule has 0 bridgehead atoms. The quantitative estimate of drug-likeness (QED) is 0.750. The fraction of sp³-hybridized carbons (Fsp3) is 0.308. The van der Waals surface area contributed by atoms with Crippen molar-refractivity contribution in [2.75, 3.05) is 18.2 Å². The van der Waals surface area contributed by atoms with Crippen LogP contribution in [0.25, 0.3) is 0 Å². The average Bonchev–Trinajstić information content (AvgIpc) is 2.96. The first kappa shape index (κ1) is 15.3. The van der Waals surface area contributed by atoms with E-state index in [0.717, 1.165) is 0 Å². The number of rotatable bonds is 7. The number of para-hydroxylation sites is 2. The van der Waals surface area contributed by atoms with Crippen molar-refractivity contribution in [2.45, 2.75) is 18.2 Å². The number of methoxy groups -OCH3 is 1. The Bertz CT molecular complexity index is 603. The molecule has 3 N–H and O–H groups in total. The van der Waals surface area contributed by atoms with Crippen molar-refractivity contribution >= 4 is 23.4 Å². The second-order valence-electron chi connectivity index (χ2n) is 4.01. The first-order chi connectivity index (χ1) is 10.2. The number of nitrogens with zero attached hydrogens (tertiary/aromatic N) is 2. The summed E-state index contributed by atoms with van der Waals surface area (Å²) in [6.07, 6.45) is 0.322. The van der Waals surface area contributed by atoms with Crippen molar-refractivity contribution in [1.82, 2.24) is 10.2 Å². The Morgan fingerprint density at radius 2 is 2.24 bits per heavy atom. The monoisotopic (exact) mass is 308 g/mol. The van der Waals surface area contributed by atoms with Crippen molar-refractivity contribution in [1.29, 1.82) is 0 Å². The van der Waals surface area contributed by atoms with Gasteiger partial charge in [0, 0.05) is 12.2 Å².